The normalized spacial score (nSPS) is 17.0. The maximum absolute atomic E-state index is 12.6. The molecule has 3 rings (SSSR count). The molecule has 1 aromatic carbocycles. The van der Waals surface area contributed by atoms with Gasteiger partial charge in [0.25, 0.3) is 0 Å². The highest BCUT2D eigenvalue weighted by Crippen LogP contribution is 2.34. The van der Waals surface area contributed by atoms with Crippen LogP contribution in [-0.2, 0) is 16.6 Å². The number of nitrogens with two attached hydrogens (primary N) is 1. The third-order valence-electron chi connectivity index (χ3n) is 5.16. The highest BCUT2D eigenvalue weighted by Gasteiger charge is 2.36. The number of nitrogens with zero attached hydrogens (tertiary/aromatic N) is 2. The van der Waals surface area contributed by atoms with Gasteiger partial charge in [0.1, 0.15) is 0 Å². The first kappa shape index (κ1) is 17.1. The van der Waals surface area contributed by atoms with E-state index in [0.717, 1.165) is 41.5 Å². The lowest BCUT2D eigenvalue weighted by Gasteiger charge is -2.41. The Labute approximate surface area is 147 Å². The number of rotatable bonds is 4. The summed E-state index contributed by atoms with van der Waals surface area (Å²) in [6.45, 7) is 6.16. The second-order valence-corrected chi connectivity index (χ2v) is 7.94. The first-order valence-corrected chi connectivity index (χ1v) is 9.32. The van der Waals surface area contributed by atoms with Gasteiger partial charge in [-0.2, -0.15) is 0 Å². The number of aromatic nitrogens is 1. The summed E-state index contributed by atoms with van der Waals surface area (Å²) in [5, 5.41) is 1.03. The number of piperidine rings is 1. The molecule has 4 nitrogen and oxygen atoms in total. The summed E-state index contributed by atoms with van der Waals surface area (Å²) in [6.07, 6.45) is 2.33. The Morgan fingerprint density at radius 1 is 1.25 bits per heavy atom. The number of likely N-dealkylation sites (tertiary alicyclic amines) is 1. The maximum Gasteiger partial charge on any atom is 0.227 e. The third kappa shape index (κ3) is 3.37. The van der Waals surface area contributed by atoms with E-state index in [-0.39, 0.29) is 11.3 Å². The van der Waals surface area contributed by atoms with Crippen molar-refractivity contribution in [3.63, 3.8) is 0 Å². The van der Waals surface area contributed by atoms with E-state index in [9.17, 15) is 4.79 Å². The quantitative estimate of drug-likeness (QED) is 0.929. The fourth-order valence-corrected chi connectivity index (χ4v) is 4.50. The smallest absolute Gasteiger partial charge is 0.227 e. The summed E-state index contributed by atoms with van der Waals surface area (Å²) in [5.74, 6) is 0.209. The van der Waals surface area contributed by atoms with Gasteiger partial charge in [-0.3, -0.25) is 4.79 Å². The maximum atomic E-state index is 12.6. The fourth-order valence-electron chi connectivity index (χ4n) is 3.57. The highest BCUT2D eigenvalue weighted by molar-refractivity contribution is 7.11. The second kappa shape index (κ2) is 7.03. The number of carbonyl (C=O) groups is 1. The number of thiazole rings is 1. The summed E-state index contributed by atoms with van der Waals surface area (Å²) >= 11 is 1.63. The molecule has 0 radical (unpaired) electrons. The average Bonchev–Trinajstić information content (AvgIpc) is 2.93. The molecule has 1 fully saturated rings. The zero-order valence-corrected chi connectivity index (χ0v) is 15.2. The van der Waals surface area contributed by atoms with E-state index in [1.54, 1.807) is 11.3 Å². The molecule has 1 aliphatic heterocycles. The van der Waals surface area contributed by atoms with Crippen molar-refractivity contribution in [2.75, 3.05) is 19.6 Å². The molecule has 5 heteroatoms. The monoisotopic (exact) mass is 343 g/mol. The van der Waals surface area contributed by atoms with Crippen LogP contribution in [0.3, 0.4) is 0 Å². The van der Waals surface area contributed by atoms with Crippen LogP contribution in [0, 0.1) is 13.8 Å². The molecular formula is C19H25N3OS. The Balaban J connectivity index is 1.66. The predicted octanol–water partition coefficient (Wildman–Crippen LogP) is 2.82. The van der Waals surface area contributed by atoms with E-state index in [0.29, 0.717) is 13.0 Å². The van der Waals surface area contributed by atoms with Gasteiger partial charge in [-0.25, -0.2) is 4.98 Å². The van der Waals surface area contributed by atoms with Gasteiger partial charge in [-0.1, -0.05) is 30.3 Å². The molecule has 2 N–H and O–H groups in total. The van der Waals surface area contributed by atoms with Gasteiger partial charge in [0.2, 0.25) is 5.91 Å². The van der Waals surface area contributed by atoms with Gasteiger partial charge in [-0.15, -0.1) is 11.3 Å². The average molecular weight is 343 g/mol. The van der Waals surface area contributed by atoms with Gasteiger partial charge >= 0.3 is 0 Å². The lowest BCUT2D eigenvalue weighted by molar-refractivity contribution is -0.132. The van der Waals surface area contributed by atoms with Crippen LogP contribution in [0.15, 0.2) is 30.3 Å². The number of benzene rings is 1. The highest BCUT2D eigenvalue weighted by atomic mass is 32.1. The Morgan fingerprint density at radius 2 is 1.92 bits per heavy atom. The standard InChI is InChI=1S/C19H25N3OS/c1-14-17(24-15(2)21-14)12-18(23)22-10-8-19(13-20,9-11-22)16-6-4-3-5-7-16/h3-7H,8-13,20H2,1-2H3. The van der Waals surface area contributed by atoms with Crippen molar-refractivity contribution in [1.82, 2.24) is 9.88 Å². The summed E-state index contributed by atoms with van der Waals surface area (Å²) in [5.41, 5.74) is 8.43. The van der Waals surface area contributed by atoms with Crippen molar-refractivity contribution in [2.24, 2.45) is 5.73 Å². The van der Waals surface area contributed by atoms with Crippen LogP contribution in [0.25, 0.3) is 0 Å². The van der Waals surface area contributed by atoms with Crippen LogP contribution in [0.4, 0.5) is 0 Å². The van der Waals surface area contributed by atoms with Crippen LogP contribution >= 0.6 is 11.3 Å². The van der Waals surface area contributed by atoms with E-state index in [1.165, 1.54) is 5.56 Å². The molecule has 0 aliphatic carbocycles. The lowest BCUT2D eigenvalue weighted by atomic mass is 9.73. The molecule has 1 aliphatic rings. The van der Waals surface area contributed by atoms with Gasteiger partial charge in [-0.05, 0) is 32.3 Å². The largest absolute Gasteiger partial charge is 0.342 e. The van der Waals surface area contributed by atoms with Gasteiger partial charge < -0.3 is 10.6 Å². The Hall–Kier alpha value is -1.72. The summed E-state index contributed by atoms with van der Waals surface area (Å²) in [6, 6.07) is 10.5. The van der Waals surface area contributed by atoms with E-state index < -0.39 is 0 Å². The van der Waals surface area contributed by atoms with Crippen molar-refractivity contribution in [1.29, 1.82) is 0 Å². The molecule has 0 spiro atoms. The number of amides is 1. The molecule has 128 valence electrons. The minimum Gasteiger partial charge on any atom is -0.342 e. The van der Waals surface area contributed by atoms with E-state index >= 15 is 0 Å². The van der Waals surface area contributed by atoms with Crippen molar-refractivity contribution >= 4 is 17.2 Å². The van der Waals surface area contributed by atoms with Crippen molar-refractivity contribution in [3.05, 3.63) is 51.5 Å². The van der Waals surface area contributed by atoms with Crippen molar-refractivity contribution in [2.45, 2.75) is 38.5 Å². The molecule has 0 atom stereocenters. The molecule has 24 heavy (non-hydrogen) atoms. The lowest BCUT2D eigenvalue weighted by Crippen LogP contribution is -2.48. The van der Waals surface area contributed by atoms with Gasteiger partial charge in [0.05, 0.1) is 17.1 Å². The Kier molecular flexibility index (Phi) is 5.01. The summed E-state index contributed by atoms with van der Waals surface area (Å²) in [4.78, 5) is 20.1. The minimum atomic E-state index is 0.00896. The molecule has 1 aromatic heterocycles. The molecular weight excluding hydrogens is 318 g/mol. The van der Waals surface area contributed by atoms with Crippen LogP contribution in [0.2, 0.25) is 0 Å². The van der Waals surface area contributed by atoms with E-state index in [4.69, 9.17) is 5.73 Å². The number of hydrogen-bond donors (Lipinski definition) is 1. The van der Waals surface area contributed by atoms with Crippen LogP contribution < -0.4 is 5.73 Å². The first-order valence-electron chi connectivity index (χ1n) is 8.50. The topological polar surface area (TPSA) is 59.2 Å². The molecule has 0 bridgehead atoms. The van der Waals surface area contributed by atoms with Crippen LogP contribution in [0.1, 0.15) is 34.0 Å². The van der Waals surface area contributed by atoms with E-state index in [1.807, 2.05) is 24.8 Å². The zero-order chi connectivity index (χ0) is 17.2. The molecule has 0 unspecified atom stereocenters. The number of hydrogen-bond acceptors (Lipinski definition) is 4. The van der Waals surface area contributed by atoms with Crippen LogP contribution in [-0.4, -0.2) is 35.4 Å². The molecule has 2 heterocycles. The Morgan fingerprint density at radius 3 is 2.46 bits per heavy atom. The third-order valence-corrected chi connectivity index (χ3v) is 6.23. The SMILES string of the molecule is Cc1nc(C)c(CC(=O)N2CCC(CN)(c3ccccc3)CC2)s1. The summed E-state index contributed by atoms with van der Waals surface area (Å²) in [7, 11) is 0. The number of carbonyl (C=O) groups excluding carboxylic acids is 1. The molecule has 1 saturated heterocycles. The minimum absolute atomic E-state index is 0.00896. The number of aryl methyl sites for hydroxylation is 2. The van der Waals surface area contributed by atoms with Crippen molar-refractivity contribution < 1.29 is 4.79 Å². The molecule has 1 amide bonds. The molecule has 0 saturated carbocycles. The van der Waals surface area contributed by atoms with Crippen LogP contribution in [0.5, 0.6) is 0 Å². The summed E-state index contributed by atoms with van der Waals surface area (Å²) < 4.78 is 0. The molecule has 2 aromatic rings. The van der Waals surface area contributed by atoms with Gasteiger partial charge in [0.15, 0.2) is 0 Å². The zero-order valence-electron chi connectivity index (χ0n) is 14.4. The Bertz CT molecular complexity index is 703. The van der Waals surface area contributed by atoms with E-state index in [2.05, 4.69) is 29.2 Å². The first-order chi connectivity index (χ1) is 11.5. The fraction of sp³-hybridized carbons (Fsp3) is 0.474. The van der Waals surface area contributed by atoms with Crippen molar-refractivity contribution in [3.8, 4) is 0 Å². The predicted molar refractivity (Wildman–Crippen MR) is 98.3 cm³/mol. The van der Waals surface area contributed by atoms with Gasteiger partial charge in [0, 0.05) is 29.9 Å². The second-order valence-electron chi connectivity index (χ2n) is 6.65.